The van der Waals surface area contributed by atoms with Crippen molar-refractivity contribution in [3.8, 4) is 11.5 Å². The molecule has 2 fully saturated rings. The van der Waals surface area contributed by atoms with Crippen molar-refractivity contribution in [2.24, 2.45) is 0 Å². The first-order chi connectivity index (χ1) is 18.0. The number of methoxy groups -OCH3 is 2. The summed E-state index contributed by atoms with van der Waals surface area (Å²) in [6, 6.07) is 6.06. The summed E-state index contributed by atoms with van der Waals surface area (Å²) in [5, 5.41) is 0. The number of carbonyl (C=O) groups is 1. The van der Waals surface area contributed by atoms with Gasteiger partial charge in [-0.2, -0.15) is 4.98 Å². The zero-order valence-electron chi connectivity index (χ0n) is 22.7. The Kier molecular flexibility index (Phi) is 7.69. The van der Waals surface area contributed by atoms with Gasteiger partial charge in [0, 0.05) is 76.5 Å². The molecule has 1 aliphatic carbocycles. The van der Waals surface area contributed by atoms with Crippen LogP contribution in [0, 0.1) is 0 Å². The maximum Gasteiger partial charge on any atom is 0.254 e. The topological polar surface area (TPSA) is 74.3 Å². The lowest BCUT2D eigenvalue weighted by molar-refractivity contribution is 0.0733. The number of fused-ring (bicyclic) bond motifs is 1. The number of rotatable bonds is 6. The quantitative estimate of drug-likeness (QED) is 0.589. The highest BCUT2D eigenvalue weighted by Crippen LogP contribution is 2.31. The molecule has 9 nitrogen and oxygen atoms in total. The monoisotopic (exact) mass is 508 g/mol. The number of anilines is 2. The third kappa shape index (κ3) is 5.46. The first-order valence-corrected chi connectivity index (χ1v) is 13.5. The molecule has 0 bridgehead atoms. The standard InChI is InChI=1S/C28H40N6O3/c1-31(2)26-24-19-34(27(35)20-16-22(36-3)18-23(17-20)37-4)11-10-25(24)29-28(30-26)33-14-12-32(13-15-33)21-8-6-5-7-9-21/h16-18,21H,5-15,19H2,1-4H3. The minimum atomic E-state index is -0.0459. The highest BCUT2D eigenvalue weighted by molar-refractivity contribution is 5.95. The highest BCUT2D eigenvalue weighted by Gasteiger charge is 2.30. The van der Waals surface area contributed by atoms with Crippen molar-refractivity contribution in [1.29, 1.82) is 0 Å². The number of hydrogen-bond donors (Lipinski definition) is 0. The number of benzene rings is 1. The second-order valence-corrected chi connectivity index (χ2v) is 10.6. The number of amides is 1. The first kappa shape index (κ1) is 25.6. The average molecular weight is 509 g/mol. The molecule has 0 unspecified atom stereocenters. The Morgan fingerprint density at radius 3 is 2.22 bits per heavy atom. The summed E-state index contributed by atoms with van der Waals surface area (Å²) in [4.78, 5) is 32.4. The van der Waals surface area contributed by atoms with Gasteiger partial charge in [0.25, 0.3) is 5.91 Å². The smallest absolute Gasteiger partial charge is 0.254 e. The molecule has 5 rings (SSSR count). The molecule has 1 amide bonds. The van der Waals surface area contributed by atoms with Crippen LogP contribution < -0.4 is 19.3 Å². The van der Waals surface area contributed by atoms with Crippen molar-refractivity contribution >= 4 is 17.7 Å². The van der Waals surface area contributed by atoms with E-state index in [1.54, 1.807) is 32.4 Å². The third-order valence-electron chi connectivity index (χ3n) is 8.02. The molecule has 9 heteroatoms. The minimum absolute atomic E-state index is 0.0459. The lowest BCUT2D eigenvalue weighted by atomic mass is 9.94. The van der Waals surface area contributed by atoms with E-state index in [-0.39, 0.29) is 5.91 Å². The van der Waals surface area contributed by atoms with Crippen molar-refractivity contribution in [1.82, 2.24) is 19.8 Å². The summed E-state index contributed by atoms with van der Waals surface area (Å²) >= 11 is 0. The van der Waals surface area contributed by atoms with Crippen LogP contribution in [0.4, 0.5) is 11.8 Å². The molecular formula is C28H40N6O3. The fraction of sp³-hybridized carbons (Fsp3) is 0.607. The van der Waals surface area contributed by atoms with E-state index in [1.807, 2.05) is 23.9 Å². The molecule has 2 aliphatic heterocycles. The van der Waals surface area contributed by atoms with E-state index in [0.717, 1.165) is 55.2 Å². The molecule has 1 saturated carbocycles. The van der Waals surface area contributed by atoms with Crippen LogP contribution >= 0.6 is 0 Å². The van der Waals surface area contributed by atoms with Gasteiger partial charge in [0.2, 0.25) is 5.95 Å². The number of aromatic nitrogens is 2. The predicted octanol–water partition coefficient (Wildman–Crippen LogP) is 3.21. The molecule has 0 N–H and O–H groups in total. The van der Waals surface area contributed by atoms with E-state index >= 15 is 0 Å². The fourth-order valence-corrected chi connectivity index (χ4v) is 5.92. The van der Waals surface area contributed by atoms with Gasteiger partial charge >= 0.3 is 0 Å². The molecule has 1 aromatic carbocycles. The maximum atomic E-state index is 13.4. The van der Waals surface area contributed by atoms with E-state index in [1.165, 1.54) is 32.1 Å². The van der Waals surface area contributed by atoms with Crippen LogP contribution in [-0.4, -0.2) is 92.8 Å². The summed E-state index contributed by atoms with van der Waals surface area (Å²) in [6.07, 6.45) is 7.53. The second-order valence-electron chi connectivity index (χ2n) is 10.6. The average Bonchev–Trinajstić information content (AvgIpc) is 2.96. The fourth-order valence-electron chi connectivity index (χ4n) is 5.92. The number of hydrogen-bond acceptors (Lipinski definition) is 8. The van der Waals surface area contributed by atoms with Gasteiger partial charge in [-0.05, 0) is 25.0 Å². The van der Waals surface area contributed by atoms with Crippen LogP contribution in [0.5, 0.6) is 11.5 Å². The Labute approximate surface area is 220 Å². The summed E-state index contributed by atoms with van der Waals surface area (Å²) in [5.41, 5.74) is 2.64. The molecular weight excluding hydrogens is 468 g/mol. The van der Waals surface area contributed by atoms with Crippen molar-refractivity contribution in [2.45, 2.75) is 51.1 Å². The van der Waals surface area contributed by atoms with E-state index in [0.29, 0.717) is 36.6 Å². The van der Waals surface area contributed by atoms with Crippen LogP contribution in [0.2, 0.25) is 0 Å². The SMILES string of the molecule is COc1cc(OC)cc(C(=O)N2CCc3nc(N4CCN(C5CCCCC5)CC4)nc(N(C)C)c3C2)c1. The van der Waals surface area contributed by atoms with E-state index in [4.69, 9.17) is 19.4 Å². The van der Waals surface area contributed by atoms with Crippen LogP contribution in [0.25, 0.3) is 0 Å². The van der Waals surface area contributed by atoms with Gasteiger partial charge in [-0.15, -0.1) is 0 Å². The predicted molar refractivity (Wildman–Crippen MR) is 145 cm³/mol. The lowest BCUT2D eigenvalue weighted by Crippen LogP contribution is -2.51. The molecule has 1 aromatic heterocycles. The molecule has 0 spiro atoms. The summed E-state index contributed by atoms with van der Waals surface area (Å²) in [7, 11) is 7.21. The zero-order valence-corrected chi connectivity index (χ0v) is 22.7. The number of piperazine rings is 1. The summed E-state index contributed by atoms with van der Waals surface area (Å²) in [6.45, 7) is 5.18. The zero-order chi connectivity index (χ0) is 25.9. The molecule has 3 heterocycles. The molecule has 200 valence electrons. The third-order valence-corrected chi connectivity index (χ3v) is 8.02. The summed E-state index contributed by atoms with van der Waals surface area (Å²) < 4.78 is 10.7. The molecule has 3 aliphatic rings. The minimum Gasteiger partial charge on any atom is -0.497 e. The summed E-state index contributed by atoms with van der Waals surface area (Å²) in [5.74, 6) is 2.88. The van der Waals surface area contributed by atoms with Gasteiger partial charge in [0.05, 0.1) is 26.5 Å². The number of nitrogens with zero attached hydrogens (tertiary/aromatic N) is 6. The Hall–Kier alpha value is -3.07. The van der Waals surface area contributed by atoms with Gasteiger partial charge in [0.1, 0.15) is 17.3 Å². The maximum absolute atomic E-state index is 13.4. The van der Waals surface area contributed by atoms with Crippen LogP contribution in [0.3, 0.4) is 0 Å². The molecule has 0 atom stereocenters. The van der Waals surface area contributed by atoms with Crippen LogP contribution in [0.15, 0.2) is 18.2 Å². The van der Waals surface area contributed by atoms with E-state index in [2.05, 4.69) is 9.80 Å². The first-order valence-electron chi connectivity index (χ1n) is 13.5. The Morgan fingerprint density at radius 2 is 1.59 bits per heavy atom. The molecule has 0 radical (unpaired) electrons. The van der Waals surface area contributed by atoms with Crippen molar-refractivity contribution in [2.75, 3.05) is 70.8 Å². The van der Waals surface area contributed by atoms with Gasteiger partial charge in [-0.1, -0.05) is 19.3 Å². The highest BCUT2D eigenvalue weighted by atomic mass is 16.5. The Morgan fingerprint density at radius 1 is 0.919 bits per heavy atom. The van der Waals surface area contributed by atoms with Gasteiger partial charge in [-0.3, -0.25) is 9.69 Å². The molecule has 2 aromatic rings. The van der Waals surface area contributed by atoms with Crippen LogP contribution in [-0.2, 0) is 13.0 Å². The molecule has 1 saturated heterocycles. The Bertz CT molecular complexity index is 1090. The van der Waals surface area contributed by atoms with E-state index < -0.39 is 0 Å². The Balaban J connectivity index is 1.33. The number of ether oxygens (including phenoxy) is 2. The van der Waals surface area contributed by atoms with Crippen molar-refractivity contribution in [3.05, 3.63) is 35.0 Å². The van der Waals surface area contributed by atoms with Gasteiger partial charge < -0.3 is 24.2 Å². The lowest BCUT2D eigenvalue weighted by Gasteiger charge is -2.41. The molecule has 37 heavy (non-hydrogen) atoms. The van der Waals surface area contributed by atoms with Gasteiger partial charge in [0.15, 0.2) is 0 Å². The number of carbonyl (C=O) groups excluding carboxylic acids is 1. The normalized spacial score (nSPS) is 18.9. The van der Waals surface area contributed by atoms with E-state index in [9.17, 15) is 4.79 Å². The van der Waals surface area contributed by atoms with Crippen molar-refractivity contribution in [3.63, 3.8) is 0 Å². The largest absolute Gasteiger partial charge is 0.497 e. The van der Waals surface area contributed by atoms with Crippen molar-refractivity contribution < 1.29 is 14.3 Å². The van der Waals surface area contributed by atoms with Crippen LogP contribution in [0.1, 0.15) is 53.7 Å². The van der Waals surface area contributed by atoms with Gasteiger partial charge in [-0.25, -0.2) is 4.98 Å². The second kappa shape index (κ2) is 11.1.